The molecule has 0 N–H and O–H groups in total. The summed E-state index contributed by atoms with van der Waals surface area (Å²) < 4.78 is 1.39. The van der Waals surface area contributed by atoms with Crippen LogP contribution in [-0.2, 0) is 12.8 Å². The molecule has 0 aliphatic rings. The molecule has 0 radical (unpaired) electrons. The van der Waals surface area contributed by atoms with Crippen molar-refractivity contribution in [2.24, 2.45) is 0 Å². The Morgan fingerprint density at radius 2 is 1.14 bits per heavy atom. The highest BCUT2D eigenvalue weighted by molar-refractivity contribution is 14.1. The van der Waals surface area contributed by atoms with Crippen LogP contribution in [0.25, 0.3) is 22.3 Å². The Kier molecular flexibility index (Phi) is 8.79. The molecule has 1 heteroatoms. The predicted molar refractivity (Wildman–Crippen MR) is 136 cm³/mol. The van der Waals surface area contributed by atoms with E-state index in [9.17, 15) is 0 Å². The van der Waals surface area contributed by atoms with Gasteiger partial charge in [-0.2, -0.15) is 0 Å². The highest BCUT2D eigenvalue weighted by Crippen LogP contribution is 2.31. The molecular formula is C28H33I. The summed E-state index contributed by atoms with van der Waals surface area (Å²) in [5.74, 6) is 0. The van der Waals surface area contributed by atoms with Crippen LogP contribution in [-0.4, -0.2) is 0 Å². The first-order valence-corrected chi connectivity index (χ1v) is 12.3. The topological polar surface area (TPSA) is 0 Å². The first-order valence-electron chi connectivity index (χ1n) is 11.2. The second kappa shape index (κ2) is 11.5. The van der Waals surface area contributed by atoms with Crippen LogP contribution in [0.5, 0.6) is 0 Å². The summed E-state index contributed by atoms with van der Waals surface area (Å²) in [6.07, 6.45) is 10.1. The lowest BCUT2D eigenvalue weighted by molar-refractivity contribution is 0.716. The van der Waals surface area contributed by atoms with Gasteiger partial charge < -0.3 is 0 Å². The smallest absolute Gasteiger partial charge is 0.0168 e. The molecule has 0 unspecified atom stereocenters. The van der Waals surface area contributed by atoms with E-state index in [0.717, 1.165) is 0 Å². The average Bonchev–Trinajstić information content (AvgIpc) is 2.76. The Labute approximate surface area is 190 Å². The van der Waals surface area contributed by atoms with E-state index in [0.29, 0.717) is 0 Å². The number of aryl methyl sites for hydroxylation is 1. The summed E-state index contributed by atoms with van der Waals surface area (Å²) in [7, 11) is 0. The lowest BCUT2D eigenvalue weighted by Gasteiger charge is -2.13. The van der Waals surface area contributed by atoms with Gasteiger partial charge in [-0.25, -0.2) is 0 Å². The normalized spacial score (nSPS) is 11.0. The summed E-state index contributed by atoms with van der Waals surface area (Å²) in [5, 5.41) is 0. The van der Waals surface area contributed by atoms with Crippen LogP contribution in [0.1, 0.15) is 63.5 Å². The molecule has 0 fully saturated rings. The second-order valence-electron chi connectivity index (χ2n) is 7.95. The van der Waals surface area contributed by atoms with Crippen molar-refractivity contribution in [2.75, 3.05) is 0 Å². The first kappa shape index (κ1) is 22.1. The maximum atomic E-state index is 2.50. The quantitative estimate of drug-likeness (QED) is 0.194. The van der Waals surface area contributed by atoms with E-state index in [1.165, 1.54) is 88.3 Å². The lowest BCUT2D eigenvalue weighted by Crippen LogP contribution is -1.94. The van der Waals surface area contributed by atoms with Crippen LogP contribution >= 0.6 is 22.6 Å². The van der Waals surface area contributed by atoms with Gasteiger partial charge in [0.05, 0.1) is 0 Å². The number of hydrogen-bond acceptors (Lipinski definition) is 0. The molecule has 3 aromatic rings. The van der Waals surface area contributed by atoms with Crippen molar-refractivity contribution in [1.29, 1.82) is 0 Å². The van der Waals surface area contributed by atoms with Crippen LogP contribution in [0, 0.1) is 3.57 Å². The highest BCUT2D eigenvalue weighted by atomic mass is 127. The van der Waals surface area contributed by atoms with Gasteiger partial charge in [-0.15, -0.1) is 0 Å². The molecule has 29 heavy (non-hydrogen) atoms. The number of benzene rings is 3. The number of halogens is 1. The zero-order valence-corrected chi connectivity index (χ0v) is 20.0. The fraction of sp³-hybridized carbons (Fsp3) is 0.357. The molecule has 3 aromatic carbocycles. The number of rotatable bonds is 10. The van der Waals surface area contributed by atoms with E-state index in [1.807, 2.05) is 0 Å². The van der Waals surface area contributed by atoms with Crippen LogP contribution in [0.15, 0.2) is 66.7 Å². The lowest BCUT2D eigenvalue weighted by atomic mass is 9.94. The van der Waals surface area contributed by atoms with Gasteiger partial charge in [0.25, 0.3) is 0 Å². The van der Waals surface area contributed by atoms with Gasteiger partial charge in [-0.1, -0.05) is 100 Å². The molecule has 0 spiro atoms. The molecule has 0 aromatic heterocycles. The SMILES string of the molecule is CCCCCc1ccc(-c2ccc(-c3cccc(I)c3CCCCC)cc2)cc1. The van der Waals surface area contributed by atoms with Crippen molar-refractivity contribution < 1.29 is 0 Å². The second-order valence-corrected chi connectivity index (χ2v) is 9.12. The molecule has 152 valence electrons. The summed E-state index contributed by atoms with van der Waals surface area (Å²) in [6.45, 7) is 4.53. The van der Waals surface area contributed by atoms with Crippen molar-refractivity contribution in [3.8, 4) is 22.3 Å². The van der Waals surface area contributed by atoms with Crippen molar-refractivity contribution >= 4 is 22.6 Å². The van der Waals surface area contributed by atoms with Crippen molar-refractivity contribution in [3.63, 3.8) is 0 Å². The zero-order chi connectivity index (χ0) is 20.5. The van der Waals surface area contributed by atoms with Gasteiger partial charge >= 0.3 is 0 Å². The molecule has 0 aliphatic carbocycles. The first-order chi connectivity index (χ1) is 14.2. The Hall–Kier alpha value is -1.61. The third kappa shape index (κ3) is 6.18. The zero-order valence-electron chi connectivity index (χ0n) is 17.9. The largest absolute Gasteiger partial charge is 0.0654 e. The van der Waals surface area contributed by atoms with Crippen molar-refractivity contribution in [3.05, 3.63) is 81.4 Å². The van der Waals surface area contributed by atoms with Gasteiger partial charge in [0, 0.05) is 3.57 Å². The Balaban J connectivity index is 1.76. The molecule has 0 saturated heterocycles. The third-order valence-corrected chi connectivity index (χ3v) is 6.71. The number of unbranched alkanes of at least 4 members (excludes halogenated alkanes) is 4. The molecule has 0 saturated carbocycles. The van der Waals surface area contributed by atoms with Gasteiger partial charge in [-0.3, -0.25) is 0 Å². The monoisotopic (exact) mass is 496 g/mol. The molecule has 0 amide bonds. The van der Waals surface area contributed by atoms with Crippen LogP contribution in [0.4, 0.5) is 0 Å². The summed E-state index contributed by atoms with van der Waals surface area (Å²) in [5.41, 5.74) is 8.29. The van der Waals surface area contributed by atoms with Gasteiger partial charge in [-0.05, 0) is 87.7 Å². The Morgan fingerprint density at radius 3 is 1.76 bits per heavy atom. The molecule has 0 bridgehead atoms. The fourth-order valence-corrected chi connectivity index (χ4v) is 4.69. The van der Waals surface area contributed by atoms with E-state index < -0.39 is 0 Å². The standard InChI is InChI=1S/C28H33I/c1-3-5-7-10-22-14-16-23(17-15-22)24-18-20-25(21-19-24)26-12-9-13-28(29)27(26)11-8-6-4-2/h9,12-21H,3-8,10-11H2,1-2H3. The fourth-order valence-electron chi connectivity index (χ4n) is 3.92. The Morgan fingerprint density at radius 1 is 0.586 bits per heavy atom. The molecule has 0 nitrogen and oxygen atoms in total. The minimum absolute atomic E-state index is 1.17. The molecule has 0 aliphatic heterocycles. The van der Waals surface area contributed by atoms with E-state index in [4.69, 9.17) is 0 Å². The van der Waals surface area contributed by atoms with E-state index in [-0.39, 0.29) is 0 Å². The van der Waals surface area contributed by atoms with Crippen molar-refractivity contribution in [2.45, 2.75) is 65.2 Å². The van der Waals surface area contributed by atoms with Gasteiger partial charge in [0.2, 0.25) is 0 Å². The third-order valence-electron chi connectivity index (χ3n) is 5.70. The van der Waals surface area contributed by atoms with Crippen molar-refractivity contribution in [1.82, 2.24) is 0 Å². The highest BCUT2D eigenvalue weighted by Gasteiger charge is 2.09. The van der Waals surface area contributed by atoms with E-state index in [2.05, 4.69) is 103 Å². The molecule has 0 heterocycles. The maximum Gasteiger partial charge on any atom is 0.0168 e. The van der Waals surface area contributed by atoms with E-state index in [1.54, 1.807) is 0 Å². The van der Waals surface area contributed by atoms with Crippen LogP contribution in [0.2, 0.25) is 0 Å². The molecular weight excluding hydrogens is 463 g/mol. The summed E-state index contributed by atoms with van der Waals surface area (Å²) in [4.78, 5) is 0. The minimum atomic E-state index is 1.17. The van der Waals surface area contributed by atoms with Crippen LogP contribution in [0.3, 0.4) is 0 Å². The average molecular weight is 496 g/mol. The van der Waals surface area contributed by atoms with Gasteiger partial charge in [0.1, 0.15) is 0 Å². The van der Waals surface area contributed by atoms with E-state index >= 15 is 0 Å². The summed E-state index contributed by atoms with van der Waals surface area (Å²) >= 11 is 2.50. The van der Waals surface area contributed by atoms with Crippen LogP contribution < -0.4 is 0 Å². The Bertz CT molecular complexity index is 875. The minimum Gasteiger partial charge on any atom is -0.0654 e. The molecule has 3 rings (SSSR count). The number of hydrogen-bond donors (Lipinski definition) is 0. The predicted octanol–water partition coefficient (Wildman–Crippen LogP) is 9.09. The summed E-state index contributed by atoms with van der Waals surface area (Å²) in [6, 6.07) is 25.0. The van der Waals surface area contributed by atoms with Gasteiger partial charge in [0.15, 0.2) is 0 Å². The molecule has 0 atom stereocenters. The maximum absolute atomic E-state index is 2.50.